The molecule has 0 amide bonds. The Balaban J connectivity index is 1.94. The van der Waals surface area contributed by atoms with E-state index in [1.54, 1.807) is 0 Å². The second kappa shape index (κ2) is 3.69. The third-order valence-corrected chi connectivity index (χ3v) is 4.64. The summed E-state index contributed by atoms with van der Waals surface area (Å²) >= 11 is 3.77. The van der Waals surface area contributed by atoms with Gasteiger partial charge in [-0.15, -0.1) is 0 Å². The predicted octanol–water partition coefficient (Wildman–Crippen LogP) is 3.99. The standard InChI is InChI=1S/C11H19Br/c1-8-2-3-10-7-11(12)5-4-9(10)6-8/h8-11H,2-7H2,1H3. The first-order valence-electron chi connectivity index (χ1n) is 5.39. The van der Waals surface area contributed by atoms with Crippen LogP contribution in [0.3, 0.4) is 0 Å². The summed E-state index contributed by atoms with van der Waals surface area (Å²) in [4.78, 5) is 0.840. The molecule has 12 heavy (non-hydrogen) atoms. The molecule has 0 aromatic carbocycles. The van der Waals surface area contributed by atoms with Gasteiger partial charge in [0.25, 0.3) is 0 Å². The fraction of sp³-hybridized carbons (Fsp3) is 1.00. The third-order valence-electron chi connectivity index (χ3n) is 3.81. The topological polar surface area (TPSA) is 0 Å². The third kappa shape index (κ3) is 1.86. The molecular formula is C11H19Br. The van der Waals surface area contributed by atoms with E-state index in [9.17, 15) is 0 Å². The number of hydrogen-bond acceptors (Lipinski definition) is 0. The molecule has 2 rings (SSSR count). The number of hydrogen-bond donors (Lipinski definition) is 0. The lowest BCUT2D eigenvalue weighted by molar-refractivity contribution is 0.141. The van der Waals surface area contributed by atoms with Gasteiger partial charge in [-0.25, -0.2) is 0 Å². The summed E-state index contributed by atoms with van der Waals surface area (Å²) in [6.45, 7) is 2.43. The van der Waals surface area contributed by atoms with E-state index in [1.165, 1.54) is 38.5 Å². The summed E-state index contributed by atoms with van der Waals surface area (Å²) < 4.78 is 0. The molecule has 2 aliphatic rings. The fourth-order valence-corrected chi connectivity index (χ4v) is 3.81. The lowest BCUT2D eigenvalue weighted by Gasteiger charge is -2.40. The van der Waals surface area contributed by atoms with E-state index in [2.05, 4.69) is 22.9 Å². The lowest BCUT2D eigenvalue weighted by atomic mass is 9.68. The van der Waals surface area contributed by atoms with Gasteiger partial charge in [-0.3, -0.25) is 0 Å². The minimum atomic E-state index is 0.840. The monoisotopic (exact) mass is 230 g/mol. The van der Waals surface area contributed by atoms with Crippen molar-refractivity contribution in [1.82, 2.24) is 0 Å². The molecule has 0 aliphatic heterocycles. The van der Waals surface area contributed by atoms with Crippen LogP contribution >= 0.6 is 15.9 Å². The highest BCUT2D eigenvalue weighted by atomic mass is 79.9. The summed E-state index contributed by atoms with van der Waals surface area (Å²) in [6, 6.07) is 0. The van der Waals surface area contributed by atoms with E-state index in [4.69, 9.17) is 0 Å². The Hall–Kier alpha value is 0.480. The summed E-state index contributed by atoms with van der Waals surface area (Å²) in [6.07, 6.45) is 8.88. The van der Waals surface area contributed by atoms with Gasteiger partial charge >= 0.3 is 0 Å². The van der Waals surface area contributed by atoms with Crippen LogP contribution in [0.15, 0.2) is 0 Å². The molecule has 0 aromatic heterocycles. The van der Waals surface area contributed by atoms with Crippen molar-refractivity contribution in [2.45, 2.75) is 50.3 Å². The molecule has 2 saturated carbocycles. The van der Waals surface area contributed by atoms with Gasteiger partial charge in [0.05, 0.1) is 0 Å². The van der Waals surface area contributed by atoms with Gasteiger partial charge in [0, 0.05) is 4.83 Å². The molecule has 0 heterocycles. The molecular weight excluding hydrogens is 212 g/mol. The van der Waals surface area contributed by atoms with Crippen LogP contribution in [0.2, 0.25) is 0 Å². The quantitative estimate of drug-likeness (QED) is 0.553. The van der Waals surface area contributed by atoms with E-state index < -0.39 is 0 Å². The maximum Gasteiger partial charge on any atom is 0.0148 e. The van der Waals surface area contributed by atoms with Gasteiger partial charge in [-0.1, -0.05) is 29.3 Å². The Bertz CT molecular complexity index is 137. The Morgan fingerprint density at radius 1 is 0.917 bits per heavy atom. The van der Waals surface area contributed by atoms with E-state index in [0.717, 1.165) is 22.6 Å². The smallest absolute Gasteiger partial charge is 0.0148 e. The van der Waals surface area contributed by atoms with Gasteiger partial charge < -0.3 is 0 Å². The number of fused-ring (bicyclic) bond motifs is 1. The normalized spacial score (nSPS) is 48.5. The first kappa shape index (κ1) is 9.05. The SMILES string of the molecule is CC1CCC2CC(Br)CCC2C1. The molecule has 4 atom stereocenters. The van der Waals surface area contributed by atoms with E-state index in [-0.39, 0.29) is 0 Å². The zero-order valence-electron chi connectivity index (χ0n) is 7.93. The van der Waals surface area contributed by atoms with Crippen LogP contribution < -0.4 is 0 Å². The summed E-state index contributed by atoms with van der Waals surface area (Å²) in [5.74, 6) is 3.17. The summed E-state index contributed by atoms with van der Waals surface area (Å²) in [7, 11) is 0. The van der Waals surface area contributed by atoms with E-state index in [0.29, 0.717) is 0 Å². The molecule has 0 radical (unpaired) electrons. The Labute approximate surface area is 84.2 Å². The Morgan fingerprint density at radius 3 is 2.42 bits per heavy atom. The number of rotatable bonds is 0. The van der Waals surface area contributed by atoms with Crippen LogP contribution in [0.4, 0.5) is 0 Å². The molecule has 0 saturated heterocycles. The van der Waals surface area contributed by atoms with Crippen LogP contribution in [0.1, 0.15) is 45.4 Å². The van der Waals surface area contributed by atoms with Gasteiger partial charge in [0.15, 0.2) is 0 Å². The minimum absolute atomic E-state index is 0.840. The zero-order valence-corrected chi connectivity index (χ0v) is 9.52. The van der Waals surface area contributed by atoms with Crippen molar-refractivity contribution in [3.8, 4) is 0 Å². The van der Waals surface area contributed by atoms with Crippen LogP contribution in [0, 0.1) is 17.8 Å². The highest BCUT2D eigenvalue weighted by Crippen LogP contribution is 2.44. The lowest BCUT2D eigenvalue weighted by Crippen LogP contribution is -2.30. The van der Waals surface area contributed by atoms with E-state index in [1.807, 2.05) is 0 Å². The van der Waals surface area contributed by atoms with Crippen molar-refractivity contribution in [1.29, 1.82) is 0 Å². The Kier molecular flexibility index (Phi) is 2.78. The highest BCUT2D eigenvalue weighted by Gasteiger charge is 2.33. The second-order valence-electron chi connectivity index (χ2n) is 4.85. The van der Waals surface area contributed by atoms with Crippen molar-refractivity contribution >= 4 is 15.9 Å². The molecule has 70 valence electrons. The summed E-state index contributed by atoms with van der Waals surface area (Å²) in [5.41, 5.74) is 0. The molecule has 4 unspecified atom stereocenters. The van der Waals surface area contributed by atoms with Crippen molar-refractivity contribution in [3.05, 3.63) is 0 Å². The van der Waals surface area contributed by atoms with Gasteiger partial charge in [0.2, 0.25) is 0 Å². The number of halogens is 1. The van der Waals surface area contributed by atoms with Crippen molar-refractivity contribution < 1.29 is 0 Å². The molecule has 2 aliphatic carbocycles. The maximum absolute atomic E-state index is 3.77. The van der Waals surface area contributed by atoms with Crippen LogP contribution in [0.5, 0.6) is 0 Å². The van der Waals surface area contributed by atoms with Gasteiger partial charge in [-0.05, 0) is 49.9 Å². The first-order valence-corrected chi connectivity index (χ1v) is 6.31. The minimum Gasteiger partial charge on any atom is -0.0891 e. The molecule has 0 spiro atoms. The van der Waals surface area contributed by atoms with Crippen molar-refractivity contribution in [3.63, 3.8) is 0 Å². The van der Waals surface area contributed by atoms with Gasteiger partial charge in [-0.2, -0.15) is 0 Å². The fourth-order valence-electron chi connectivity index (χ4n) is 3.07. The average molecular weight is 231 g/mol. The molecule has 0 N–H and O–H groups in total. The van der Waals surface area contributed by atoms with Gasteiger partial charge in [0.1, 0.15) is 0 Å². The van der Waals surface area contributed by atoms with Crippen LogP contribution in [-0.4, -0.2) is 4.83 Å². The predicted molar refractivity (Wildman–Crippen MR) is 56.6 cm³/mol. The molecule has 0 bridgehead atoms. The molecule has 1 heteroatoms. The molecule has 2 fully saturated rings. The highest BCUT2D eigenvalue weighted by molar-refractivity contribution is 9.09. The van der Waals surface area contributed by atoms with Crippen molar-refractivity contribution in [2.24, 2.45) is 17.8 Å². The maximum atomic E-state index is 3.77. The number of alkyl halides is 1. The van der Waals surface area contributed by atoms with Crippen molar-refractivity contribution in [2.75, 3.05) is 0 Å². The second-order valence-corrected chi connectivity index (χ2v) is 6.14. The van der Waals surface area contributed by atoms with Crippen LogP contribution in [-0.2, 0) is 0 Å². The summed E-state index contributed by atoms with van der Waals surface area (Å²) in [5, 5.41) is 0. The Morgan fingerprint density at radius 2 is 1.58 bits per heavy atom. The van der Waals surface area contributed by atoms with E-state index >= 15 is 0 Å². The zero-order chi connectivity index (χ0) is 8.55. The molecule has 0 aromatic rings. The molecule has 0 nitrogen and oxygen atoms in total. The first-order chi connectivity index (χ1) is 5.75. The average Bonchev–Trinajstić information content (AvgIpc) is 2.05. The van der Waals surface area contributed by atoms with Crippen LogP contribution in [0.25, 0.3) is 0 Å². The largest absolute Gasteiger partial charge is 0.0891 e.